The van der Waals surface area contributed by atoms with Crippen LogP contribution >= 0.6 is 0 Å². The highest BCUT2D eigenvalue weighted by atomic mass is 16.6. The number of aliphatic imine (C=N–C) groups is 8. The lowest BCUT2D eigenvalue weighted by Crippen LogP contribution is -2.52. The fourth-order valence-electron chi connectivity index (χ4n) is 9.12. The Morgan fingerprint density at radius 2 is 0.473 bits per heavy atom. The van der Waals surface area contributed by atoms with Crippen LogP contribution in [0, 0.1) is 10.8 Å². The van der Waals surface area contributed by atoms with Crippen molar-refractivity contribution >= 4 is 128 Å². The fraction of sp³-hybridized carbons (Fsp3) is 0.699. The number of hydrogen-bond donors (Lipinski definition) is 7. The molecule has 0 fully saturated rings. The molecule has 0 aromatic carbocycles. The summed E-state index contributed by atoms with van der Waals surface area (Å²) < 4.78 is 45.0. The smallest absolute Gasteiger partial charge is 0.306 e. The third kappa shape index (κ3) is 46.1. The Morgan fingerprint density at radius 1 is 0.300 bits per heavy atom. The van der Waals surface area contributed by atoms with Gasteiger partial charge in [0.1, 0.15) is 69.5 Å². The molecule has 0 aliphatic heterocycles. The average Bonchev–Trinajstić information content (AvgIpc) is 0.857. The second-order valence-electron chi connectivity index (χ2n) is 26.6. The molecule has 110 heavy (non-hydrogen) atoms. The molecule has 0 aliphatic rings. The number of hydrazine groups is 2. The van der Waals surface area contributed by atoms with Crippen LogP contribution in [-0.4, -0.2) is 271 Å². The number of nitrogens with zero attached hydrogens (tertiary/aromatic N) is 8. The largest absolute Gasteiger partial charge is 0.465 e. The summed E-state index contributed by atoms with van der Waals surface area (Å²) in [6.45, 7) is 6.44. The number of aliphatic hydroxyl groups is 2. The van der Waals surface area contributed by atoms with Gasteiger partial charge in [0.05, 0.1) is 77.5 Å². The first-order chi connectivity index (χ1) is 51.3. The van der Waals surface area contributed by atoms with Crippen molar-refractivity contribution in [2.45, 2.75) is 202 Å². The molecule has 37 heteroatoms. The second-order valence-corrected chi connectivity index (χ2v) is 26.6. The molecule has 0 aliphatic carbocycles. The molecule has 0 aromatic rings. The van der Waals surface area contributed by atoms with Crippen LogP contribution in [0.5, 0.6) is 0 Å². The Kier molecular flexibility index (Phi) is 52.1. The van der Waals surface area contributed by atoms with Crippen LogP contribution < -0.4 is 27.9 Å². The minimum absolute atomic E-state index is 0. The predicted molar refractivity (Wildman–Crippen MR) is 409 cm³/mol. The number of rotatable bonds is 58. The van der Waals surface area contributed by atoms with Gasteiger partial charge in [-0.3, -0.25) is 118 Å². The molecule has 0 bridgehead atoms. The van der Waals surface area contributed by atoms with Gasteiger partial charge in [-0.2, -0.15) is 0 Å². The Morgan fingerprint density at radius 3 is 0.636 bits per heavy atom. The third-order valence-corrected chi connectivity index (χ3v) is 16.8. The van der Waals surface area contributed by atoms with Crippen LogP contribution in [-0.2, 0) is 105 Å². The van der Waals surface area contributed by atoms with E-state index in [0.29, 0.717) is 28.6 Å². The minimum atomic E-state index is -2.69. The van der Waals surface area contributed by atoms with E-state index >= 15 is 0 Å². The van der Waals surface area contributed by atoms with Gasteiger partial charge < -0.3 is 53.4 Å². The number of carbonyl (C=O) groups is 14. The van der Waals surface area contributed by atoms with Crippen molar-refractivity contribution in [2.75, 3.05) is 121 Å². The van der Waals surface area contributed by atoms with E-state index < -0.39 is 203 Å². The molecule has 37 nitrogen and oxygen atoms in total. The Balaban J connectivity index is 0. The number of likely N-dealkylation sites (N-methyl/N-ethyl adjacent to an activating group) is 1. The Hall–Kier alpha value is -9.46. The number of ketones is 4. The van der Waals surface area contributed by atoms with E-state index in [0.717, 1.165) is 0 Å². The van der Waals surface area contributed by atoms with Crippen LogP contribution in [0.4, 0.5) is 0 Å². The monoisotopic (exact) mass is 1560 g/mol. The van der Waals surface area contributed by atoms with Crippen molar-refractivity contribution in [3.05, 3.63) is 0 Å². The lowest BCUT2D eigenvalue weighted by molar-refractivity contribution is -0.173. The molecule has 0 spiro atoms. The molecule has 0 heterocycles. The third-order valence-electron chi connectivity index (χ3n) is 16.8. The molecule has 620 valence electrons. The number of hydrogen-bond acceptors (Lipinski definition) is 35. The first-order valence-electron chi connectivity index (χ1n) is 35.4. The Labute approximate surface area is 643 Å². The van der Waals surface area contributed by atoms with E-state index in [-0.39, 0.29) is 134 Å². The van der Waals surface area contributed by atoms with Crippen molar-refractivity contribution in [3.63, 3.8) is 0 Å². The van der Waals surface area contributed by atoms with Crippen molar-refractivity contribution in [1.82, 2.24) is 16.2 Å². The quantitative estimate of drug-likeness (QED) is 0.0115. The highest BCUT2D eigenvalue weighted by Gasteiger charge is 2.43. The highest BCUT2D eigenvalue weighted by Crippen LogP contribution is 2.26. The number of nitrogens with two attached hydrogens (primary N) is 2. The number of Topliss-reactive ketones (excluding diaryl/α,β-unsaturated/α-hetero) is 4. The summed E-state index contributed by atoms with van der Waals surface area (Å²) in [5, 5.41) is 24.9. The zero-order valence-corrected chi connectivity index (χ0v) is 65.7. The predicted octanol–water partition coefficient (Wildman–Crippen LogP) is 2.52. The van der Waals surface area contributed by atoms with Crippen molar-refractivity contribution in [1.29, 1.82) is 0 Å². The number of carbonyl (C=O) groups excluding carboxylic acids is 14. The van der Waals surface area contributed by atoms with E-state index in [1.807, 2.05) is 0 Å². The lowest BCUT2D eigenvalue weighted by Gasteiger charge is -2.31. The van der Waals surface area contributed by atoms with E-state index in [9.17, 15) is 77.3 Å². The van der Waals surface area contributed by atoms with Crippen LogP contribution in [0.3, 0.4) is 0 Å². The molecular formula is C73H119N13O24. The number of nitrogens with one attached hydrogen (secondary N) is 3. The highest BCUT2D eigenvalue weighted by molar-refractivity contribution is 6.00. The second kappa shape index (κ2) is 55.9. The van der Waals surface area contributed by atoms with Crippen molar-refractivity contribution in [3.8, 4) is 0 Å². The average molecular weight is 1560 g/mol. The summed E-state index contributed by atoms with van der Waals surface area (Å²) in [4.78, 5) is 215. The molecule has 2 amide bonds. The summed E-state index contributed by atoms with van der Waals surface area (Å²) in [7, 11) is 9.27. The fourth-order valence-corrected chi connectivity index (χ4v) is 9.12. The van der Waals surface area contributed by atoms with Crippen LogP contribution in [0.15, 0.2) is 39.9 Å². The van der Waals surface area contributed by atoms with Gasteiger partial charge in [0.15, 0.2) is 28.6 Å². The zero-order valence-electron chi connectivity index (χ0n) is 65.7. The van der Waals surface area contributed by atoms with Gasteiger partial charge in [-0.1, -0.05) is 7.43 Å². The Bertz CT molecular complexity index is 3230. The molecule has 9 N–H and O–H groups in total. The van der Waals surface area contributed by atoms with E-state index in [1.165, 1.54) is 27.8 Å². The summed E-state index contributed by atoms with van der Waals surface area (Å²) >= 11 is 0. The summed E-state index contributed by atoms with van der Waals surface area (Å²) in [5.41, 5.74) is -0.934. The number of ether oxygens (including phenoxy) is 8. The van der Waals surface area contributed by atoms with Gasteiger partial charge in [-0.25, -0.2) is 11.7 Å². The van der Waals surface area contributed by atoms with Gasteiger partial charge in [-0.05, 0) is 114 Å². The van der Waals surface area contributed by atoms with E-state index in [2.05, 4.69) is 45.3 Å². The van der Waals surface area contributed by atoms with Crippen LogP contribution in [0.2, 0.25) is 0 Å². The van der Waals surface area contributed by atoms with Crippen molar-refractivity contribution in [2.24, 2.45) is 62.5 Å². The maximum Gasteiger partial charge on any atom is 0.306 e. The maximum atomic E-state index is 13.5. The molecular weight excluding hydrogens is 1440 g/mol. The molecule has 0 aromatic heterocycles. The molecule has 2 unspecified atom stereocenters. The normalized spacial score (nSPS) is 14.6. The standard InChI is InChI=1S/C72H115N13O24.CH4/c1-47(76-10)15-23-59(90)102-39-69(40-103-60(91)24-16-48(2)77-11,41-104-61(92)25-17-49(3)78-12)44-107-64(95)29-21-53(7)82-37-57(88)33-72(101,68(99)85-74)34-58(89)38-83-54(8)22-30-66(97)109-46-70(42-105-62(93)26-18-50(4)79-13,43-106-63(94)27-19-51(5)80-14)45-108-65(96)28-20-52(6)81-36-56(87)32-71(100,67(98)84-73)31-55(86)35-75-9;/h75,100-101H,15-46,73-74H2,1-14H3,(H,84,98)(H,85,99);1H4. The summed E-state index contributed by atoms with van der Waals surface area (Å²) in [6, 6.07) is 0. The molecule has 2 atom stereocenters. The molecule has 0 rings (SSSR count). The van der Waals surface area contributed by atoms with Crippen LogP contribution in [0.1, 0.15) is 191 Å². The zero-order chi connectivity index (χ0) is 82.8. The number of amides is 2. The van der Waals surface area contributed by atoms with Gasteiger partial charge in [0.25, 0.3) is 11.8 Å². The summed E-state index contributed by atoms with van der Waals surface area (Å²) in [5.74, 6) is -0.803. The van der Waals surface area contributed by atoms with Gasteiger partial charge in [0, 0.05) is 107 Å². The van der Waals surface area contributed by atoms with E-state index in [4.69, 9.17) is 49.6 Å². The van der Waals surface area contributed by atoms with Gasteiger partial charge >= 0.3 is 47.8 Å². The van der Waals surface area contributed by atoms with E-state index in [1.54, 1.807) is 80.7 Å². The maximum absolute atomic E-state index is 13.5. The first kappa shape index (κ1) is 103. The van der Waals surface area contributed by atoms with Gasteiger partial charge in [0.2, 0.25) is 0 Å². The topological polar surface area (TPSA) is 540 Å². The number of esters is 8. The first-order valence-corrected chi connectivity index (χ1v) is 35.4. The molecule has 0 saturated heterocycles. The SMILES string of the molecule is C.CN=C(C)CCC(=O)OCC(COC(=O)CCC(C)=NC)(COC(=O)CCC(C)=NC)COC(=O)CCC(C)=NCC(=O)CC(O)(CC(=O)CN=C(C)CCC(=O)OCC(COC(=O)CCC(C)=NC)(COC(=O)CCC(C)=NC)COC(=O)CCC(C)=NCC(=O)CC(O)(CC(=O)CNC)C(=O)NN)C(=O)NN. The van der Waals surface area contributed by atoms with Gasteiger partial charge in [-0.15, -0.1) is 0 Å². The summed E-state index contributed by atoms with van der Waals surface area (Å²) in [6.07, 6.45) is -3.92. The lowest BCUT2D eigenvalue weighted by atomic mass is 9.90. The minimum Gasteiger partial charge on any atom is -0.465 e. The molecule has 0 saturated carbocycles. The van der Waals surface area contributed by atoms with Crippen LogP contribution in [0.25, 0.3) is 0 Å². The van der Waals surface area contributed by atoms with Crippen molar-refractivity contribution < 1.29 is 115 Å². The molecule has 0 radical (unpaired) electrons.